The smallest absolute Gasteiger partial charge is 0.0435 e. The zero-order valence-electron chi connectivity index (χ0n) is 10.0. The van der Waals surface area contributed by atoms with E-state index in [-0.39, 0.29) is 5.54 Å². The maximum Gasteiger partial charge on any atom is 0.0435 e. The fourth-order valence-corrected chi connectivity index (χ4v) is 2.98. The first kappa shape index (κ1) is 11.9. The summed E-state index contributed by atoms with van der Waals surface area (Å²) in [5, 5.41) is 0.782. The van der Waals surface area contributed by atoms with Gasteiger partial charge in [0.1, 0.15) is 0 Å². The fraction of sp³-hybridized carbons (Fsp3) is 0.571. The van der Waals surface area contributed by atoms with E-state index in [1.54, 1.807) is 0 Å². The highest BCUT2D eigenvalue weighted by Crippen LogP contribution is 2.41. The molecule has 1 aliphatic carbocycles. The number of benzene rings is 1. The van der Waals surface area contributed by atoms with Gasteiger partial charge in [-0.15, -0.1) is 0 Å². The van der Waals surface area contributed by atoms with Gasteiger partial charge in [-0.05, 0) is 48.8 Å². The molecule has 2 heteroatoms. The highest BCUT2D eigenvalue weighted by atomic mass is 35.5. The monoisotopic (exact) mass is 237 g/mol. The summed E-state index contributed by atoms with van der Waals surface area (Å²) in [4.78, 5) is 0. The molecule has 1 fully saturated rings. The van der Waals surface area contributed by atoms with Crippen molar-refractivity contribution in [3.05, 3.63) is 34.9 Å². The van der Waals surface area contributed by atoms with Crippen molar-refractivity contribution in [3.63, 3.8) is 0 Å². The summed E-state index contributed by atoms with van der Waals surface area (Å²) < 4.78 is 0. The van der Waals surface area contributed by atoms with Crippen LogP contribution in [0.25, 0.3) is 0 Å². The second kappa shape index (κ2) is 4.38. The van der Waals surface area contributed by atoms with Crippen molar-refractivity contribution in [1.29, 1.82) is 0 Å². The first-order chi connectivity index (χ1) is 7.52. The number of hydrogen-bond acceptors (Lipinski definition) is 1. The van der Waals surface area contributed by atoms with E-state index in [4.69, 9.17) is 17.3 Å². The van der Waals surface area contributed by atoms with Gasteiger partial charge in [-0.2, -0.15) is 0 Å². The zero-order chi connectivity index (χ0) is 11.8. The Morgan fingerprint density at radius 1 is 1.25 bits per heavy atom. The van der Waals surface area contributed by atoms with Crippen LogP contribution < -0.4 is 5.73 Å². The number of hydrogen-bond donors (Lipinski definition) is 1. The average Bonchev–Trinajstić information content (AvgIpc) is 2.25. The molecule has 0 aromatic heterocycles. The van der Waals surface area contributed by atoms with Gasteiger partial charge in [-0.1, -0.05) is 37.6 Å². The van der Waals surface area contributed by atoms with Gasteiger partial charge in [0.25, 0.3) is 0 Å². The highest BCUT2D eigenvalue weighted by Gasteiger charge is 2.37. The largest absolute Gasteiger partial charge is 0.321 e. The van der Waals surface area contributed by atoms with Gasteiger partial charge < -0.3 is 5.73 Å². The summed E-state index contributed by atoms with van der Waals surface area (Å²) in [6, 6.07) is 8.04. The molecule has 1 saturated carbocycles. The van der Waals surface area contributed by atoms with Gasteiger partial charge in [0.15, 0.2) is 0 Å². The second-order valence-corrected chi connectivity index (χ2v) is 5.76. The van der Waals surface area contributed by atoms with E-state index in [1.807, 2.05) is 12.1 Å². The molecule has 1 nitrogen and oxygen atoms in total. The Labute approximate surface area is 103 Å². The molecule has 3 atom stereocenters. The van der Waals surface area contributed by atoms with Gasteiger partial charge in [0.2, 0.25) is 0 Å². The minimum Gasteiger partial charge on any atom is -0.321 e. The summed E-state index contributed by atoms with van der Waals surface area (Å²) in [6.07, 6.45) is 3.53. The SMILES string of the molecule is CC1CCC(N)(c2ccc(Cl)cc2)C(C)C1. The van der Waals surface area contributed by atoms with Crippen LogP contribution >= 0.6 is 11.6 Å². The van der Waals surface area contributed by atoms with E-state index in [2.05, 4.69) is 26.0 Å². The lowest BCUT2D eigenvalue weighted by Crippen LogP contribution is -2.46. The lowest BCUT2D eigenvalue weighted by molar-refractivity contribution is 0.164. The van der Waals surface area contributed by atoms with E-state index in [9.17, 15) is 0 Å². The molecule has 0 radical (unpaired) electrons. The van der Waals surface area contributed by atoms with Gasteiger partial charge in [-0.25, -0.2) is 0 Å². The van der Waals surface area contributed by atoms with E-state index in [0.29, 0.717) is 5.92 Å². The van der Waals surface area contributed by atoms with Gasteiger partial charge in [0.05, 0.1) is 0 Å². The van der Waals surface area contributed by atoms with Crippen LogP contribution in [0.2, 0.25) is 5.02 Å². The van der Waals surface area contributed by atoms with Crippen LogP contribution in [0.3, 0.4) is 0 Å². The van der Waals surface area contributed by atoms with E-state index in [1.165, 1.54) is 18.4 Å². The molecular formula is C14H20ClN. The van der Waals surface area contributed by atoms with Crippen molar-refractivity contribution in [2.45, 2.75) is 38.6 Å². The summed E-state index contributed by atoms with van der Waals surface area (Å²) >= 11 is 5.91. The Balaban J connectivity index is 2.27. The molecule has 3 unspecified atom stereocenters. The van der Waals surface area contributed by atoms with Crippen LogP contribution in [0.15, 0.2) is 24.3 Å². The number of rotatable bonds is 1. The normalized spacial score (nSPS) is 35.0. The van der Waals surface area contributed by atoms with Crippen molar-refractivity contribution in [2.24, 2.45) is 17.6 Å². The maximum atomic E-state index is 6.59. The molecule has 0 heterocycles. The molecule has 2 rings (SSSR count). The van der Waals surface area contributed by atoms with Crippen LogP contribution in [0.1, 0.15) is 38.7 Å². The molecule has 88 valence electrons. The van der Waals surface area contributed by atoms with Crippen molar-refractivity contribution >= 4 is 11.6 Å². The van der Waals surface area contributed by atoms with E-state index in [0.717, 1.165) is 17.4 Å². The fourth-order valence-electron chi connectivity index (χ4n) is 2.85. The van der Waals surface area contributed by atoms with Crippen LogP contribution in [0.5, 0.6) is 0 Å². The Morgan fingerprint density at radius 2 is 1.88 bits per heavy atom. The topological polar surface area (TPSA) is 26.0 Å². The van der Waals surface area contributed by atoms with Crippen LogP contribution in [-0.4, -0.2) is 0 Å². The van der Waals surface area contributed by atoms with Crippen molar-refractivity contribution in [2.75, 3.05) is 0 Å². The molecular weight excluding hydrogens is 218 g/mol. The van der Waals surface area contributed by atoms with Crippen molar-refractivity contribution in [1.82, 2.24) is 0 Å². The number of nitrogens with two attached hydrogens (primary N) is 1. The van der Waals surface area contributed by atoms with Crippen LogP contribution in [0.4, 0.5) is 0 Å². The molecule has 2 N–H and O–H groups in total. The number of halogens is 1. The van der Waals surface area contributed by atoms with Crippen LogP contribution in [-0.2, 0) is 5.54 Å². The second-order valence-electron chi connectivity index (χ2n) is 5.33. The minimum atomic E-state index is -0.156. The first-order valence-corrected chi connectivity index (χ1v) is 6.45. The summed E-state index contributed by atoms with van der Waals surface area (Å²) in [6.45, 7) is 4.59. The standard InChI is InChI=1S/C14H20ClN/c1-10-7-8-14(16,11(2)9-10)12-3-5-13(15)6-4-12/h3-6,10-11H,7-9,16H2,1-2H3. The third-order valence-electron chi connectivity index (χ3n) is 4.07. The predicted molar refractivity (Wildman–Crippen MR) is 69.5 cm³/mol. The molecule has 0 spiro atoms. The molecule has 16 heavy (non-hydrogen) atoms. The molecule has 0 saturated heterocycles. The lowest BCUT2D eigenvalue weighted by Gasteiger charge is -2.42. The third-order valence-corrected chi connectivity index (χ3v) is 4.32. The van der Waals surface area contributed by atoms with Gasteiger partial charge in [0, 0.05) is 10.6 Å². The minimum absolute atomic E-state index is 0.156. The van der Waals surface area contributed by atoms with Crippen molar-refractivity contribution in [3.8, 4) is 0 Å². The van der Waals surface area contributed by atoms with E-state index >= 15 is 0 Å². The summed E-state index contributed by atoms with van der Waals surface area (Å²) in [7, 11) is 0. The zero-order valence-corrected chi connectivity index (χ0v) is 10.8. The summed E-state index contributed by atoms with van der Waals surface area (Å²) in [5.74, 6) is 1.34. The highest BCUT2D eigenvalue weighted by molar-refractivity contribution is 6.30. The van der Waals surface area contributed by atoms with E-state index < -0.39 is 0 Å². The lowest BCUT2D eigenvalue weighted by atomic mass is 9.67. The molecule has 1 aromatic carbocycles. The van der Waals surface area contributed by atoms with Gasteiger partial charge in [-0.3, -0.25) is 0 Å². The van der Waals surface area contributed by atoms with Crippen LogP contribution in [0, 0.1) is 11.8 Å². The first-order valence-electron chi connectivity index (χ1n) is 6.07. The Kier molecular flexibility index (Phi) is 3.27. The van der Waals surface area contributed by atoms with Gasteiger partial charge >= 0.3 is 0 Å². The average molecular weight is 238 g/mol. The Morgan fingerprint density at radius 3 is 2.44 bits per heavy atom. The quantitative estimate of drug-likeness (QED) is 0.787. The molecule has 1 aliphatic rings. The van der Waals surface area contributed by atoms with Crippen molar-refractivity contribution < 1.29 is 0 Å². The molecule has 0 bridgehead atoms. The Hall–Kier alpha value is -0.530. The third kappa shape index (κ3) is 2.11. The molecule has 1 aromatic rings. The summed E-state index contributed by atoms with van der Waals surface area (Å²) in [5.41, 5.74) is 7.67. The predicted octanol–water partition coefficient (Wildman–Crippen LogP) is 3.95. The maximum absolute atomic E-state index is 6.59. The molecule has 0 amide bonds. The molecule has 0 aliphatic heterocycles. The Bertz CT molecular complexity index is 360.